The average Bonchev–Trinajstić information content (AvgIpc) is 2.16. The Morgan fingerprint density at radius 1 is 1.60 bits per heavy atom. The fourth-order valence-corrected chi connectivity index (χ4v) is 1.97. The summed E-state index contributed by atoms with van der Waals surface area (Å²) in [4.78, 5) is 10.8. The predicted octanol–water partition coefficient (Wildman–Crippen LogP) is 2.09. The summed E-state index contributed by atoms with van der Waals surface area (Å²) in [5.41, 5.74) is 1.12. The van der Waals surface area contributed by atoms with Gasteiger partial charge < -0.3 is 10.1 Å². The lowest BCUT2D eigenvalue weighted by Gasteiger charge is -2.11. The number of rotatable bonds is 4. The maximum absolute atomic E-state index is 10.8. The Morgan fingerprint density at radius 2 is 2.33 bits per heavy atom. The van der Waals surface area contributed by atoms with E-state index in [1.54, 1.807) is 7.11 Å². The van der Waals surface area contributed by atoms with Crippen LogP contribution in [-0.4, -0.2) is 18.0 Å². The van der Waals surface area contributed by atoms with Crippen molar-refractivity contribution in [3.63, 3.8) is 0 Å². The molecule has 1 rings (SSSR count). The third-order valence-corrected chi connectivity index (χ3v) is 2.46. The van der Waals surface area contributed by atoms with Gasteiger partial charge in [0.25, 0.3) is 0 Å². The first kappa shape index (κ1) is 12.0. The summed E-state index contributed by atoms with van der Waals surface area (Å²) in [6, 6.07) is 7.78. The van der Waals surface area contributed by atoms with Crippen molar-refractivity contribution in [1.29, 1.82) is 0 Å². The van der Waals surface area contributed by atoms with Gasteiger partial charge in [0.1, 0.15) is 5.75 Å². The van der Waals surface area contributed by atoms with Gasteiger partial charge in [0.15, 0.2) is 0 Å². The molecule has 0 aliphatic carbocycles. The molecule has 1 aromatic rings. The van der Waals surface area contributed by atoms with Crippen LogP contribution in [0.5, 0.6) is 5.75 Å². The zero-order valence-corrected chi connectivity index (χ0v) is 10.4. The van der Waals surface area contributed by atoms with Gasteiger partial charge in [-0.05, 0) is 17.7 Å². The Hall–Kier alpha value is -1.03. The number of amides is 1. The van der Waals surface area contributed by atoms with Crippen LogP contribution in [0.2, 0.25) is 0 Å². The second kappa shape index (κ2) is 5.75. The first-order chi connectivity index (χ1) is 7.11. The summed E-state index contributed by atoms with van der Waals surface area (Å²) in [5.74, 6) is 0.787. The molecule has 15 heavy (non-hydrogen) atoms. The molecule has 0 saturated carbocycles. The average molecular weight is 272 g/mol. The number of methoxy groups -OCH3 is 1. The van der Waals surface area contributed by atoms with Crippen molar-refractivity contribution in [2.75, 3.05) is 7.11 Å². The number of ether oxygens (including phenoxy) is 1. The first-order valence-electron chi connectivity index (χ1n) is 4.66. The number of hydrogen-bond donors (Lipinski definition) is 1. The Bertz CT molecular complexity index is 341. The van der Waals surface area contributed by atoms with Crippen LogP contribution >= 0.6 is 15.9 Å². The zero-order chi connectivity index (χ0) is 11.3. The topological polar surface area (TPSA) is 38.3 Å². The summed E-state index contributed by atoms with van der Waals surface area (Å²) >= 11 is 3.39. The van der Waals surface area contributed by atoms with Crippen molar-refractivity contribution in [3.8, 4) is 5.75 Å². The maximum atomic E-state index is 10.8. The smallest absolute Gasteiger partial charge is 0.217 e. The minimum Gasteiger partial charge on any atom is -0.497 e. The normalized spacial score (nSPS) is 11.9. The van der Waals surface area contributed by atoms with Crippen molar-refractivity contribution >= 4 is 21.8 Å². The lowest BCUT2D eigenvalue weighted by Crippen LogP contribution is -2.29. The van der Waals surface area contributed by atoms with E-state index in [1.807, 2.05) is 24.3 Å². The molecule has 0 aromatic heterocycles. The minimum absolute atomic E-state index is 0.0397. The largest absolute Gasteiger partial charge is 0.497 e. The third-order valence-electron chi connectivity index (χ3n) is 1.91. The SMILES string of the molecule is COc1cccc(CC(Br)NC(C)=O)c1. The van der Waals surface area contributed by atoms with E-state index in [0.717, 1.165) is 17.7 Å². The van der Waals surface area contributed by atoms with Crippen LogP contribution in [0.3, 0.4) is 0 Å². The summed E-state index contributed by atoms with van der Waals surface area (Å²) in [7, 11) is 1.64. The lowest BCUT2D eigenvalue weighted by atomic mass is 10.1. The van der Waals surface area contributed by atoms with Crippen LogP contribution in [0.4, 0.5) is 0 Å². The van der Waals surface area contributed by atoms with Gasteiger partial charge in [-0.2, -0.15) is 0 Å². The molecule has 0 radical (unpaired) electrons. The molecular weight excluding hydrogens is 258 g/mol. The van der Waals surface area contributed by atoms with E-state index in [-0.39, 0.29) is 10.9 Å². The van der Waals surface area contributed by atoms with E-state index in [1.165, 1.54) is 6.92 Å². The van der Waals surface area contributed by atoms with Crippen molar-refractivity contribution in [2.45, 2.75) is 18.3 Å². The molecule has 3 nitrogen and oxygen atoms in total. The van der Waals surface area contributed by atoms with Crippen LogP contribution in [-0.2, 0) is 11.2 Å². The molecule has 0 heterocycles. The molecule has 1 atom stereocenters. The zero-order valence-electron chi connectivity index (χ0n) is 8.79. The Balaban J connectivity index is 2.59. The monoisotopic (exact) mass is 271 g/mol. The number of halogens is 1. The number of carbonyl (C=O) groups is 1. The van der Waals surface area contributed by atoms with Gasteiger partial charge in [0.05, 0.1) is 12.1 Å². The number of nitrogens with one attached hydrogen (secondary N) is 1. The summed E-state index contributed by atoms with van der Waals surface area (Å²) in [6.45, 7) is 1.50. The second-order valence-corrected chi connectivity index (χ2v) is 4.33. The van der Waals surface area contributed by atoms with Crippen LogP contribution in [0, 0.1) is 0 Å². The molecule has 1 amide bonds. The second-order valence-electron chi connectivity index (χ2n) is 3.22. The Kier molecular flexibility index (Phi) is 4.62. The van der Waals surface area contributed by atoms with Gasteiger partial charge in [-0.1, -0.05) is 28.1 Å². The van der Waals surface area contributed by atoms with Gasteiger partial charge in [-0.15, -0.1) is 0 Å². The fourth-order valence-electron chi connectivity index (χ4n) is 1.28. The molecule has 0 bridgehead atoms. The van der Waals surface area contributed by atoms with Crippen LogP contribution < -0.4 is 10.1 Å². The van der Waals surface area contributed by atoms with Crippen LogP contribution in [0.1, 0.15) is 12.5 Å². The molecule has 82 valence electrons. The fraction of sp³-hybridized carbons (Fsp3) is 0.364. The highest BCUT2D eigenvalue weighted by Gasteiger charge is 2.06. The van der Waals surface area contributed by atoms with Gasteiger partial charge in [-0.25, -0.2) is 0 Å². The van der Waals surface area contributed by atoms with E-state index >= 15 is 0 Å². The van der Waals surface area contributed by atoms with E-state index in [9.17, 15) is 4.79 Å². The highest BCUT2D eigenvalue weighted by atomic mass is 79.9. The van der Waals surface area contributed by atoms with Crippen LogP contribution in [0.15, 0.2) is 24.3 Å². The molecule has 1 aromatic carbocycles. The summed E-state index contributed by atoms with van der Waals surface area (Å²) < 4.78 is 5.11. The summed E-state index contributed by atoms with van der Waals surface area (Å²) in [5, 5.41) is 2.77. The van der Waals surface area contributed by atoms with E-state index in [0.29, 0.717) is 0 Å². The molecule has 0 aliphatic heterocycles. The number of benzene rings is 1. The Labute approximate surface area is 97.9 Å². The van der Waals surface area contributed by atoms with Crippen molar-refractivity contribution in [1.82, 2.24) is 5.32 Å². The van der Waals surface area contributed by atoms with Gasteiger partial charge in [0.2, 0.25) is 5.91 Å². The highest BCUT2D eigenvalue weighted by Crippen LogP contribution is 2.15. The number of hydrogen-bond acceptors (Lipinski definition) is 2. The third kappa shape index (κ3) is 4.34. The molecule has 1 N–H and O–H groups in total. The first-order valence-corrected chi connectivity index (χ1v) is 5.57. The Morgan fingerprint density at radius 3 is 2.93 bits per heavy atom. The standard InChI is InChI=1S/C11H14BrNO2/c1-8(14)13-11(12)7-9-4-3-5-10(6-9)15-2/h3-6,11H,7H2,1-2H3,(H,13,14). The molecule has 0 fully saturated rings. The van der Waals surface area contributed by atoms with Crippen molar-refractivity contribution in [2.24, 2.45) is 0 Å². The lowest BCUT2D eigenvalue weighted by molar-refractivity contribution is -0.119. The molecular formula is C11H14BrNO2. The number of carbonyl (C=O) groups excluding carboxylic acids is 1. The predicted molar refractivity (Wildman–Crippen MR) is 63.2 cm³/mol. The highest BCUT2D eigenvalue weighted by molar-refractivity contribution is 9.09. The summed E-state index contributed by atoms with van der Waals surface area (Å²) in [6.07, 6.45) is 0.733. The van der Waals surface area contributed by atoms with Crippen LogP contribution in [0.25, 0.3) is 0 Å². The molecule has 0 spiro atoms. The quantitative estimate of drug-likeness (QED) is 0.673. The minimum atomic E-state index is -0.0419. The van der Waals surface area contributed by atoms with Crippen molar-refractivity contribution < 1.29 is 9.53 Å². The molecule has 4 heteroatoms. The molecule has 0 saturated heterocycles. The molecule has 0 aliphatic rings. The maximum Gasteiger partial charge on any atom is 0.217 e. The van der Waals surface area contributed by atoms with E-state index in [4.69, 9.17) is 4.74 Å². The van der Waals surface area contributed by atoms with E-state index in [2.05, 4.69) is 21.2 Å². The van der Waals surface area contributed by atoms with Gasteiger partial charge in [-0.3, -0.25) is 4.79 Å². The van der Waals surface area contributed by atoms with Gasteiger partial charge >= 0.3 is 0 Å². The van der Waals surface area contributed by atoms with Gasteiger partial charge in [0, 0.05) is 13.3 Å². The number of alkyl halides is 1. The molecule has 1 unspecified atom stereocenters. The van der Waals surface area contributed by atoms with Crippen molar-refractivity contribution in [3.05, 3.63) is 29.8 Å². The van der Waals surface area contributed by atoms with E-state index < -0.39 is 0 Å².